The Morgan fingerprint density at radius 2 is 2.35 bits per heavy atom. The van der Waals surface area contributed by atoms with Crippen LogP contribution in [0.3, 0.4) is 0 Å². The van der Waals surface area contributed by atoms with Crippen molar-refractivity contribution in [2.45, 2.75) is 39.2 Å². The van der Waals surface area contributed by atoms with Gasteiger partial charge in [0, 0.05) is 5.69 Å². The van der Waals surface area contributed by atoms with Crippen LogP contribution >= 0.6 is 0 Å². The van der Waals surface area contributed by atoms with Crippen LogP contribution in [0.2, 0.25) is 0 Å². The lowest BCUT2D eigenvalue weighted by Gasteiger charge is -2.18. The van der Waals surface area contributed by atoms with E-state index >= 15 is 0 Å². The lowest BCUT2D eigenvalue weighted by Crippen LogP contribution is -2.31. The van der Waals surface area contributed by atoms with Crippen molar-refractivity contribution in [1.82, 2.24) is 4.98 Å². The molecule has 0 radical (unpaired) electrons. The molecule has 1 aliphatic rings. The molecule has 1 amide bonds. The van der Waals surface area contributed by atoms with Gasteiger partial charge < -0.3 is 4.74 Å². The van der Waals surface area contributed by atoms with Gasteiger partial charge in [0.1, 0.15) is 12.4 Å². The minimum absolute atomic E-state index is 0.0576. The van der Waals surface area contributed by atoms with Crippen molar-refractivity contribution < 1.29 is 9.53 Å². The van der Waals surface area contributed by atoms with Crippen molar-refractivity contribution in [3.63, 3.8) is 0 Å². The van der Waals surface area contributed by atoms with E-state index in [0.29, 0.717) is 18.3 Å². The van der Waals surface area contributed by atoms with Gasteiger partial charge in [0.15, 0.2) is 0 Å². The number of aromatic nitrogens is 1. The van der Waals surface area contributed by atoms with Crippen LogP contribution in [0, 0.1) is 0 Å². The third-order valence-electron chi connectivity index (χ3n) is 3.21. The molecule has 2 heterocycles. The smallest absolute Gasteiger partial charge is 0.415 e. The Morgan fingerprint density at radius 1 is 1.59 bits per heavy atom. The van der Waals surface area contributed by atoms with Crippen LogP contribution in [0.5, 0.6) is 0 Å². The Kier molecular flexibility index (Phi) is 3.31. The summed E-state index contributed by atoms with van der Waals surface area (Å²) in [5, 5.41) is 0. The zero-order valence-corrected chi connectivity index (χ0v) is 10.5. The van der Waals surface area contributed by atoms with Gasteiger partial charge in [0.25, 0.3) is 0 Å². The normalized spacial score (nSPS) is 21.5. The first-order valence-corrected chi connectivity index (χ1v) is 6.06. The standard InChI is InChI=1S/C13H18N2O2/c1-4-9(2)11-6-5-7-12(14-11)15-10(3)8-17-13(15)16/h5-7,9-10H,4,8H2,1-3H3/t9?,10-/m1/s1. The fourth-order valence-corrected chi connectivity index (χ4v) is 1.89. The Bertz CT molecular complexity index is 420. The summed E-state index contributed by atoms with van der Waals surface area (Å²) < 4.78 is 5.01. The molecular formula is C13H18N2O2. The Morgan fingerprint density at radius 3 is 2.94 bits per heavy atom. The van der Waals surface area contributed by atoms with Crippen molar-refractivity contribution in [2.75, 3.05) is 11.5 Å². The number of rotatable bonds is 3. The highest BCUT2D eigenvalue weighted by molar-refractivity contribution is 5.88. The molecule has 1 aromatic rings. The lowest BCUT2D eigenvalue weighted by molar-refractivity contribution is 0.179. The molecule has 92 valence electrons. The van der Waals surface area contributed by atoms with E-state index in [-0.39, 0.29) is 12.1 Å². The third kappa shape index (κ3) is 2.25. The molecule has 1 aromatic heterocycles. The van der Waals surface area contributed by atoms with E-state index < -0.39 is 0 Å². The van der Waals surface area contributed by atoms with Gasteiger partial charge in [-0.05, 0) is 31.4 Å². The molecule has 2 atom stereocenters. The highest BCUT2D eigenvalue weighted by atomic mass is 16.6. The number of hydrogen-bond donors (Lipinski definition) is 0. The van der Waals surface area contributed by atoms with Gasteiger partial charge in [0.2, 0.25) is 0 Å². The molecule has 2 rings (SSSR count). The second kappa shape index (κ2) is 4.73. The molecule has 0 N–H and O–H groups in total. The van der Waals surface area contributed by atoms with Gasteiger partial charge in [-0.25, -0.2) is 9.78 Å². The predicted molar refractivity (Wildman–Crippen MR) is 66.2 cm³/mol. The van der Waals surface area contributed by atoms with Gasteiger partial charge in [-0.2, -0.15) is 0 Å². The van der Waals surface area contributed by atoms with Gasteiger partial charge in [-0.1, -0.05) is 19.9 Å². The van der Waals surface area contributed by atoms with Gasteiger partial charge in [0.05, 0.1) is 6.04 Å². The maximum atomic E-state index is 11.6. The van der Waals surface area contributed by atoms with Crippen molar-refractivity contribution in [2.24, 2.45) is 0 Å². The first-order chi connectivity index (χ1) is 8.13. The van der Waals surface area contributed by atoms with E-state index in [0.717, 1.165) is 12.1 Å². The first kappa shape index (κ1) is 11.9. The summed E-state index contributed by atoms with van der Waals surface area (Å²) in [6, 6.07) is 5.86. The van der Waals surface area contributed by atoms with Gasteiger partial charge in [-0.3, -0.25) is 4.90 Å². The zero-order valence-electron chi connectivity index (χ0n) is 10.5. The average Bonchev–Trinajstić information content (AvgIpc) is 2.68. The SMILES string of the molecule is CCC(C)c1cccc(N2C(=O)OC[C@H]2C)n1. The minimum atomic E-state index is -0.300. The largest absolute Gasteiger partial charge is 0.447 e. The lowest BCUT2D eigenvalue weighted by atomic mass is 10.0. The molecule has 4 heteroatoms. The Hall–Kier alpha value is -1.58. The number of ether oxygens (including phenoxy) is 1. The summed E-state index contributed by atoms with van der Waals surface area (Å²) in [5.74, 6) is 1.10. The number of carbonyl (C=O) groups excluding carboxylic acids is 1. The third-order valence-corrected chi connectivity index (χ3v) is 3.21. The Labute approximate surface area is 102 Å². The van der Waals surface area contributed by atoms with Gasteiger partial charge >= 0.3 is 6.09 Å². The molecule has 4 nitrogen and oxygen atoms in total. The number of nitrogens with zero attached hydrogens (tertiary/aromatic N) is 2. The molecule has 0 spiro atoms. The molecule has 17 heavy (non-hydrogen) atoms. The highest BCUT2D eigenvalue weighted by Crippen LogP contribution is 2.24. The molecule has 0 bridgehead atoms. The molecule has 1 saturated heterocycles. The van der Waals surface area contributed by atoms with E-state index in [1.165, 1.54) is 0 Å². The van der Waals surface area contributed by atoms with Crippen LogP contribution < -0.4 is 4.90 Å². The monoisotopic (exact) mass is 234 g/mol. The Balaban J connectivity index is 2.29. The zero-order chi connectivity index (χ0) is 12.4. The maximum absolute atomic E-state index is 11.6. The number of amides is 1. The van der Waals surface area contributed by atoms with Crippen molar-refractivity contribution in [3.05, 3.63) is 23.9 Å². The van der Waals surface area contributed by atoms with Crippen molar-refractivity contribution >= 4 is 11.9 Å². The highest BCUT2D eigenvalue weighted by Gasteiger charge is 2.31. The fraction of sp³-hybridized carbons (Fsp3) is 0.538. The van der Waals surface area contributed by atoms with Crippen LogP contribution in [0.25, 0.3) is 0 Å². The van der Waals surface area contributed by atoms with E-state index in [1.807, 2.05) is 25.1 Å². The summed E-state index contributed by atoms with van der Waals surface area (Å²) >= 11 is 0. The van der Waals surface area contributed by atoms with Crippen LogP contribution in [-0.2, 0) is 4.74 Å². The summed E-state index contributed by atoms with van der Waals surface area (Å²) in [7, 11) is 0. The second-order valence-corrected chi connectivity index (χ2v) is 4.53. The van der Waals surface area contributed by atoms with E-state index in [9.17, 15) is 4.79 Å². The van der Waals surface area contributed by atoms with E-state index in [4.69, 9.17) is 4.74 Å². The minimum Gasteiger partial charge on any atom is -0.447 e. The molecule has 0 saturated carbocycles. The number of anilines is 1. The molecule has 0 aromatic carbocycles. The van der Waals surface area contributed by atoms with Crippen molar-refractivity contribution in [1.29, 1.82) is 0 Å². The van der Waals surface area contributed by atoms with Crippen LogP contribution in [0.4, 0.5) is 10.6 Å². The second-order valence-electron chi connectivity index (χ2n) is 4.53. The number of carbonyl (C=O) groups is 1. The predicted octanol–water partition coefficient (Wildman–Crippen LogP) is 2.94. The van der Waals surface area contributed by atoms with E-state index in [1.54, 1.807) is 4.90 Å². The average molecular weight is 234 g/mol. The van der Waals surface area contributed by atoms with Crippen LogP contribution in [-0.4, -0.2) is 23.7 Å². The topological polar surface area (TPSA) is 42.4 Å². The quantitative estimate of drug-likeness (QED) is 0.807. The molecular weight excluding hydrogens is 216 g/mol. The molecule has 0 aliphatic carbocycles. The van der Waals surface area contributed by atoms with Crippen LogP contribution in [0.1, 0.15) is 38.8 Å². The molecule has 1 fully saturated rings. The number of cyclic esters (lactones) is 1. The van der Waals surface area contributed by atoms with Crippen molar-refractivity contribution in [3.8, 4) is 0 Å². The molecule has 1 unspecified atom stereocenters. The summed E-state index contributed by atoms with van der Waals surface area (Å²) in [6.45, 7) is 6.67. The van der Waals surface area contributed by atoms with Gasteiger partial charge in [-0.15, -0.1) is 0 Å². The molecule has 1 aliphatic heterocycles. The maximum Gasteiger partial charge on any atom is 0.415 e. The summed E-state index contributed by atoms with van der Waals surface area (Å²) in [5.41, 5.74) is 1.02. The van der Waals surface area contributed by atoms with Crippen LogP contribution in [0.15, 0.2) is 18.2 Å². The first-order valence-electron chi connectivity index (χ1n) is 6.06. The number of hydrogen-bond acceptors (Lipinski definition) is 3. The van der Waals surface area contributed by atoms with E-state index in [2.05, 4.69) is 18.8 Å². The summed E-state index contributed by atoms with van der Waals surface area (Å²) in [4.78, 5) is 17.8. The fourth-order valence-electron chi connectivity index (χ4n) is 1.89. The number of pyridine rings is 1. The summed E-state index contributed by atoms with van der Waals surface area (Å²) in [6.07, 6.45) is 0.738.